The summed E-state index contributed by atoms with van der Waals surface area (Å²) in [7, 11) is 0. The van der Waals surface area contributed by atoms with Crippen molar-refractivity contribution in [1.82, 2.24) is 10.2 Å². The van der Waals surface area contributed by atoms with Crippen molar-refractivity contribution < 1.29 is 18.7 Å². The summed E-state index contributed by atoms with van der Waals surface area (Å²) in [5.74, 6) is 1.30. The number of furan rings is 1. The average molecular weight is 394 g/mol. The van der Waals surface area contributed by atoms with E-state index in [9.17, 15) is 4.79 Å². The first-order chi connectivity index (χ1) is 14.3. The third kappa shape index (κ3) is 4.28. The summed E-state index contributed by atoms with van der Waals surface area (Å²) in [6, 6.07) is 15.5. The van der Waals surface area contributed by atoms with E-state index in [0.717, 1.165) is 29.6 Å². The van der Waals surface area contributed by atoms with Gasteiger partial charge in [-0.25, -0.2) is 0 Å². The molecule has 0 bridgehead atoms. The Balaban J connectivity index is 1.59. The zero-order valence-electron chi connectivity index (χ0n) is 16.6. The maximum Gasteiger partial charge on any atom is 0.255 e. The van der Waals surface area contributed by atoms with Gasteiger partial charge in [0.05, 0.1) is 37.7 Å². The van der Waals surface area contributed by atoms with Crippen LogP contribution < -0.4 is 10.1 Å². The molecule has 2 heterocycles. The zero-order chi connectivity index (χ0) is 20.1. The van der Waals surface area contributed by atoms with E-state index in [1.165, 1.54) is 0 Å². The van der Waals surface area contributed by atoms with E-state index >= 15 is 0 Å². The van der Waals surface area contributed by atoms with Gasteiger partial charge >= 0.3 is 0 Å². The lowest BCUT2D eigenvalue weighted by Gasteiger charge is -2.33. The monoisotopic (exact) mass is 394 g/mol. The Bertz CT molecular complexity index is 949. The van der Waals surface area contributed by atoms with Crippen molar-refractivity contribution in [3.63, 3.8) is 0 Å². The van der Waals surface area contributed by atoms with Gasteiger partial charge in [-0.2, -0.15) is 0 Å². The Kier molecular flexibility index (Phi) is 6.12. The molecule has 4 rings (SSSR count). The van der Waals surface area contributed by atoms with Gasteiger partial charge in [0.15, 0.2) is 0 Å². The Hall–Kier alpha value is -2.83. The normalized spacial score (nSPS) is 15.9. The van der Waals surface area contributed by atoms with E-state index in [0.29, 0.717) is 37.7 Å². The van der Waals surface area contributed by atoms with Gasteiger partial charge in [-0.05, 0) is 35.9 Å². The van der Waals surface area contributed by atoms with Crippen molar-refractivity contribution in [2.24, 2.45) is 0 Å². The standard InChI is InChI=1S/C23H26N2O4/c1-2-28-21-10-9-17-6-3-4-7-18(17)22(21)23(26)24-16-19(20-8-5-13-29-20)25-11-14-27-15-12-25/h3-10,13,19H,2,11-12,14-16H2,1H3,(H,24,26). The molecule has 1 aliphatic heterocycles. The molecule has 2 aromatic carbocycles. The maximum atomic E-state index is 13.2. The highest BCUT2D eigenvalue weighted by Gasteiger charge is 2.26. The second kappa shape index (κ2) is 9.11. The van der Waals surface area contributed by atoms with Gasteiger partial charge in [0.25, 0.3) is 5.91 Å². The molecule has 1 atom stereocenters. The molecule has 0 spiro atoms. The van der Waals surface area contributed by atoms with E-state index in [-0.39, 0.29) is 11.9 Å². The second-order valence-corrected chi connectivity index (χ2v) is 6.98. The van der Waals surface area contributed by atoms with Gasteiger partial charge in [0.1, 0.15) is 11.5 Å². The lowest BCUT2D eigenvalue weighted by Crippen LogP contribution is -2.43. The quantitative estimate of drug-likeness (QED) is 0.663. The fourth-order valence-electron chi connectivity index (χ4n) is 3.82. The Morgan fingerprint density at radius 2 is 1.97 bits per heavy atom. The molecule has 1 unspecified atom stereocenters. The van der Waals surface area contributed by atoms with Crippen LogP contribution in [-0.2, 0) is 4.74 Å². The van der Waals surface area contributed by atoms with Crippen LogP contribution in [-0.4, -0.2) is 50.3 Å². The third-order valence-corrected chi connectivity index (χ3v) is 5.23. The summed E-state index contributed by atoms with van der Waals surface area (Å²) in [5, 5.41) is 5.01. The van der Waals surface area contributed by atoms with E-state index in [1.807, 2.05) is 55.5 Å². The molecule has 1 amide bonds. The molecule has 1 aliphatic rings. The highest BCUT2D eigenvalue weighted by Crippen LogP contribution is 2.29. The molecule has 6 heteroatoms. The Morgan fingerprint density at radius 3 is 2.72 bits per heavy atom. The van der Waals surface area contributed by atoms with Crippen molar-refractivity contribution in [3.8, 4) is 5.75 Å². The van der Waals surface area contributed by atoms with Crippen LogP contribution in [0.3, 0.4) is 0 Å². The van der Waals surface area contributed by atoms with Crippen LogP contribution in [0.15, 0.2) is 59.2 Å². The van der Waals surface area contributed by atoms with E-state index < -0.39 is 0 Å². The topological polar surface area (TPSA) is 63.9 Å². The largest absolute Gasteiger partial charge is 0.493 e. The number of hydrogen-bond acceptors (Lipinski definition) is 5. The molecule has 152 valence electrons. The van der Waals surface area contributed by atoms with Crippen molar-refractivity contribution in [3.05, 3.63) is 66.1 Å². The molecule has 1 aromatic heterocycles. The van der Waals surface area contributed by atoms with Crippen LogP contribution in [0.1, 0.15) is 29.1 Å². The summed E-state index contributed by atoms with van der Waals surface area (Å²) >= 11 is 0. The molecular weight excluding hydrogens is 368 g/mol. The van der Waals surface area contributed by atoms with Crippen molar-refractivity contribution in [1.29, 1.82) is 0 Å². The number of carbonyl (C=O) groups excluding carboxylic acids is 1. The van der Waals surface area contributed by atoms with Crippen LogP contribution in [0, 0.1) is 0 Å². The second-order valence-electron chi connectivity index (χ2n) is 6.98. The SMILES string of the molecule is CCOc1ccc2ccccc2c1C(=O)NCC(c1ccco1)N1CCOCC1. The van der Waals surface area contributed by atoms with Gasteiger partial charge in [0, 0.05) is 19.6 Å². The van der Waals surface area contributed by atoms with Crippen LogP contribution >= 0.6 is 0 Å². The number of rotatable bonds is 7. The number of fused-ring (bicyclic) bond motifs is 1. The lowest BCUT2D eigenvalue weighted by atomic mass is 10.0. The third-order valence-electron chi connectivity index (χ3n) is 5.23. The van der Waals surface area contributed by atoms with Crippen LogP contribution in [0.25, 0.3) is 10.8 Å². The Labute approximate surface area is 170 Å². The molecule has 0 aliphatic carbocycles. The van der Waals surface area contributed by atoms with E-state index in [4.69, 9.17) is 13.9 Å². The lowest BCUT2D eigenvalue weighted by molar-refractivity contribution is 0.0118. The highest BCUT2D eigenvalue weighted by molar-refractivity contribution is 6.09. The predicted molar refractivity (Wildman–Crippen MR) is 111 cm³/mol. The summed E-state index contributed by atoms with van der Waals surface area (Å²) in [5.41, 5.74) is 0.574. The van der Waals surface area contributed by atoms with Crippen molar-refractivity contribution in [2.45, 2.75) is 13.0 Å². The molecule has 29 heavy (non-hydrogen) atoms. The minimum atomic E-state index is -0.143. The van der Waals surface area contributed by atoms with Gasteiger partial charge in [0.2, 0.25) is 0 Å². The maximum absolute atomic E-state index is 13.2. The van der Waals surface area contributed by atoms with Crippen LogP contribution in [0.4, 0.5) is 0 Å². The van der Waals surface area contributed by atoms with Crippen LogP contribution in [0.2, 0.25) is 0 Å². The van der Waals surface area contributed by atoms with Gasteiger partial charge < -0.3 is 19.2 Å². The Morgan fingerprint density at radius 1 is 1.14 bits per heavy atom. The number of nitrogens with zero attached hydrogens (tertiary/aromatic N) is 1. The van der Waals surface area contributed by atoms with Gasteiger partial charge in [-0.15, -0.1) is 0 Å². The number of amides is 1. The summed E-state index contributed by atoms with van der Waals surface area (Å²) in [6.07, 6.45) is 1.67. The van der Waals surface area contributed by atoms with Gasteiger partial charge in [-0.1, -0.05) is 30.3 Å². The van der Waals surface area contributed by atoms with Crippen molar-refractivity contribution >= 4 is 16.7 Å². The number of morpholine rings is 1. The number of ether oxygens (including phenoxy) is 2. The van der Waals surface area contributed by atoms with Crippen LogP contribution in [0.5, 0.6) is 5.75 Å². The number of carbonyl (C=O) groups is 1. The molecule has 0 saturated carbocycles. The first-order valence-electron chi connectivity index (χ1n) is 10.1. The molecule has 1 fully saturated rings. The average Bonchev–Trinajstić information content (AvgIpc) is 3.29. The van der Waals surface area contributed by atoms with E-state index in [2.05, 4.69) is 10.2 Å². The zero-order valence-corrected chi connectivity index (χ0v) is 16.6. The first kappa shape index (κ1) is 19.5. The smallest absolute Gasteiger partial charge is 0.255 e. The number of nitrogens with one attached hydrogen (secondary N) is 1. The molecule has 1 N–H and O–H groups in total. The summed E-state index contributed by atoms with van der Waals surface area (Å²) < 4.78 is 16.9. The van der Waals surface area contributed by atoms with Crippen molar-refractivity contribution in [2.75, 3.05) is 39.5 Å². The fraction of sp³-hybridized carbons (Fsp3) is 0.348. The highest BCUT2D eigenvalue weighted by atomic mass is 16.5. The first-order valence-corrected chi connectivity index (χ1v) is 10.1. The minimum Gasteiger partial charge on any atom is -0.493 e. The summed E-state index contributed by atoms with van der Waals surface area (Å²) in [6.45, 7) is 5.84. The number of hydrogen-bond donors (Lipinski definition) is 1. The fourth-order valence-corrected chi connectivity index (χ4v) is 3.82. The predicted octanol–water partition coefficient (Wildman–Crippen LogP) is 3.63. The molecule has 1 saturated heterocycles. The molecule has 0 radical (unpaired) electrons. The number of benzene rings is 2. The summed E-state index contributed by atoms with van der Waals surface area (Å²) in [4.78, 5) is 15.5. The van der Waals surface area contributed by atoms with E-state index in [1.54, 1.807) is 6.26 Å². The minimum absolute atomic E-state index is 0.0385. The molecule has 3 aromatic rings. The molecular formula is C23H26N2O4. The molecule has 6 nitrogen and oxygen atoms in total. The van der Waals surface area contributed by atoms with Gasteiger partial charge in [-0.3, -0.25) is 9.69 Å².